The van der Waals surface area contributed by atoms with Crippen molar-refractivity contribution < 1.29 is 34.3 Å². The van der Waals surface area contributed by atoms with Crippen LogP contribution in [-0.4, -0.2) is 65.8 Å². The van der Waals surface area contributed by atoms with Crippen LogP contribution in [0.15, 0.2) is 30.3 Å². The number of amides is 1. The van der Waals surface area contributed by atoms with E-state index >= 15 is 0 Å². The Hall–Kier alpha value is -1.71. The number of aliphatic hydroxyl groups excluding tert-OH is 3. The third kappa shape index (κ3) is 3.73. The fraction of sp³-hybridized carbons (Fsp3) is 0.500. The second-order valence-electron chi connectivity index (χ2n) is 4.82. The molecule has 22 heavy (non-hydrogen) atoms. The van der Waals surface area contributed by atoms with Crippen molar-refractivity contribution in [2.45, 2.75) is 30.6 Å². The summed E-state index contributed by atoms with van der Waals surface area (Å²) >= 11 is 0. The summed E-state index contributed by atoms with van der Waals surface area (Å²) in [5, 5.41) is 31.4. The highest BCUT2D eigenvalue weighted by Crippen LogP contribution is 2.22. The number of hydrogen-bond donors (Lipinski definition) is 4. The molecule has 1 amide bonds. The fourth-order valence-electron chi connectivity index (χ4n) is 2.20. The van der Waals surface area contributed by atoms with Crippen LogP contribution in [0.5, 0.6) is 5.75 Å². The van der Waals surface area contributed by atoms with Crippen molar-refractivity contribution in [1.29, 1.82) is 0 Å². The number of carbonyl (C=O) groups excluding carboxylic acids is 1. The van der Waals surface area contributed by atoms with Crippen molar-refractivity contribution >= 4 is 6.09 Å². The monoisotopic (exact) mass is 313 g/mol. The van der Waals surface area contributed by atoms with Gasteiger partial charge >= 0.3 is 6.09 Å². The smallest absolute Gasteiger partial charge is 0.410 e. The molecule has 1 heterocycles. The number of benzene rings is 1. The Bertz CT molecular complexity index is 481. The lowest BCUT2D eigenvalue weighted by atomic mass is 9.97. The number of ether oxygens (including phenoxy) is 3. The second kappa shape index (κ2) is 7.52. The fourth-order valence-corrected chi connectivity index (χ4v) is 2.20. The lowest BCUT2D eigenvalue weighted by Gasteiger charge is -2.41. The van der Waals surface area contributed by atoms with Crippen molar-refractivity contribution in [2.24, 2.45) is 0 Å². The normalized spacial score (nSPS) is 31.5. The van der Waals surface area contributed by atoms with Crippen molar-refractivity contribution in [3.63, 3.8) is 0 Å². The Morgan fingerprint density at radius 1 is 1.27 bits per heavy atom. The third-order valence-electron chi connectivity index (χ3n) is 3.35. The Labute approximate surface area is 127 Å². The molecule has 0 aliphatic carbocycles. The molecule has 1 unspecified atom stereocenters. The largest absolute Gasteiger partial charge is 0.413 e. The first-order valence-corrected chi connectivity index (χ1v) is 6.75. The van der Waals surface area contributed by atoms with E-state index in [2.05, 4.69) is 5.32 Å². The molecule has 0 bridgehead atoms. The summed E-state index contributed by atoms with van der Waals surface area (Å²) in [4.78, 5) is 11.9. The topological polar surface area (TPSA) is 117 Å². The number of methoxy groups -OCH3 is 1. The molecule has 122 valence electrons. The predicted octanol–water partition coefficient (Wildman–Crippen LogP) is -0.771. The number of aliphatic hydroxyl groups is 3. The third-order valence-corrected chi connectivity index (χ3v) is 3.35. The minimum Gasteiger partial charge on any atom is -0.410 e. The highest BCUT2D eigenvalue weighted by Gasteiger charge is 2.45. The number of nitrogens with one attached hydrogen (secondary N) is 1. The van der Waals surface area contributed by atoms with Crippen LogP contribution in [0.1, 0.15) is 0 Å². The molecular formula is C14H19NO7. The van der Waals surface area contributed by atoms with Gasteiger partial charge in [-0.05, 0) is 12.1 Å². The van der Waals surface area contributed by atoms with Crippen molar-refractivity contribution in [3.05, 3.63) is 30.3 Å². The number of rotatable bonds is 4. The average molecular weight is 313 g/mol. The van der Waals surface area contributed by atoms with Crippen LogP contribution in [0.2, 0.25) is 0 Å². The van der Waals surface area contributed by atoms with Crippen LogP contribution in [-0.2, 0) is 9.47 Å². The van der Waals surface area contributed by atoms with E-state index in [1.165, 1.54) is 7.11 Å². The van der Waals surface area contributed by atoms with Gasteiger partial charge in [-0.15, -0.1) is 0 Å². The van der Waals surface area contributed by atoms with Crippen LogP contribution in [0.25, 0.3) is 0 Å². The highest BCUT2D eigenvalue weighted by molar-refractivity contribution is 5.70. The Kier molecular flexibility index (Phi) is 5.69. The Morgan fingerprint density at radius 2 is 1.95 bits per heavy atom. The van der Waals surface area contributed by atoms with Crippen LogP contribution in [0.4, 0.5) is 4.79 Å². The Morgan fingerprint density at radius 3 is 2.55 bits per heavy atom. The lowest BCUT2D eigenvalue weighted by molar-refractivity contribution is -0.261. The molecular weight excluding hydrogens is 294 g/mol. The van der Waals surface area contributed by atoms with Gasteiger partial charge in [-0.25, -0.2) is 4.79 Å². The highest BCUT2D eigenvalue weighted by atomic mass is 16.7. The summed E-state index contributed by atoms with van der Waals surface area (Å²) in [5.74, 6) is 0.328. The van der Waals surface area contributed by atoms with Gasteiger partial charge in [0.25, 0.3) is 0 Å². The van der Waals surface area contributed by atoms with Gasteiger partial charge in [-0.2, -0.15) is 0 Å². The summed E-state index contributed by atoms with van der Waals surface area (Å²) in [6.07, 6.45) is -5.59. The summed E-state index contributed by atoms with van der Waals surface area (Å²) in [6, 6.07) is 7.33. The molecule has 0 aromatic heterocycles. The summed E-state index contributed by atoms with van der Waals surface area (Å²) in [7, 11) is 1.32. The first kappa shape index (κ1) is 16.7. The van der Waals surface area contributed by atoms with E-state index in [9.17, 15) is 15.0 Å². The lowest BCUT2D eigenvalue weighted by Crippen LogP contribution is -2.64. The predicted molar refractivity (Wildman–Crippen MR) is 74.2 cm³/mol. The van der Waals surface area contributed by atoms with E-state index in [1.54, 1.807) is 30.3 Å². The van der Waals surface area contributed by atoms with E-state index in [0.717, 1.165) is 0 Å². The van der Waals surface area contributed by atoms with Crippen molar-refractivity contribution in [3.8, 4) is 5.75 Å². The average Bonchev–Trinajstić information content (AvgIpc) is 2.53. The molecule has 1 aliphatic rings. The molecule has 0 saturated carbocycles. The number of carbonyl (C=O) groups is 1. The first-order chi connectivity index (χ1) is 10.6. The minimum atomic E-state index is -1.38. The first-order valence-electron chi connectivity index (χ1n) is 6.75. The zero-order valence-corrected chi connectivity index (χ0v) is 12.0. The number of para-hydroxylation sites is 1. The molecule has 1 aromatic rings. The van der Waals surface area contributed by atoms with Gasteiger partial charge in [0.15, 0.2) is 6.29 Å². The zero-order chi connectivity index (χ0) is 16.1. The van der Waals surface area contributed by atoms with E-state index in [0.29, 0.717) is 5.75 Å². The molecule has 1 aliphatic heterocycles. The molecule has 0 spiro atoms. The summed E-state index contributed by atoms with van der Waals surface area (Å²) < 4.78 is 15.4. The standard InChI is InChI=1S/C14H19NO7/c1-20-13-10(12(18)11(17)9(7-16)22-13)15-14(19)21-8-5-3-2-4-6-8/h2-6,9-13,16-18H,7H2,1H3,(H,15,19)/t9-,10+,11+,12-,13?/m1/s1. The van der Waals surface area contributed by atoms with Gasteiger partial charge in [-0.3, -0.25) is 0 Å². The van der Waals surface area contributed by atoms with Crippen molar-refractivity contribution in [2.75, 3.05) is 13.7 Å². The second-order valence-corrected chi connectivity index (χ2v) is 4.82. The van der Waals surface area contributed by atoms with Crippen LogP contribution in [0, 0.1) is 0 Å². The molecule has 1 saturated heterocycles. The van der Waals surface area contributed by atoms with Gasteiger partial charge in [0.2, 0.25) is 0 Å². The molecule has 1 fully saturated rings. The minimum absolute atomic E-state index is 0.328. The van der Waals surface area contributed by atoms with Crippen LogP contribution >= 0.6 is 0 Å². The van der Waals surface area contributed by atoms with Gasteiger partial charge in [0.05, 0.1) is 6.61 Å². The van der Waals surface area contributed by atoms with Crippen LogP contribution < -0.4 is 10.1 Å². The molecule has 1 aromatic carbocycles. The van der Waals surface area contributed by atoms with Crippen LogP contribution in [0.3, 0.4) is 0 Å². The maximum absolute atomic E-state index is 11.9. The van der Waals surface area contributed by atoms with E-state index in [1.807, 2.05) is 0 Å². The van der Waals surface area contributed by atoms with Gasteiger partial charge < -0.3 is 34.8 Å². The molecule has 8 heteroatoms. The molecule has 2 rings (SSSR count). The summed E-state index contributed by atoms with van der Waals surface area (Å²) in [6.45, 7) is -0.487. The van der Waals surface area contributed by atoms with Crippen molar-refractivity contribution in [1.82, 2.24) is 5.32 Å². The summed E-state index contributed by atoms with van der Waals surface area (Å²) in [5.41, 5.74) is 0. The van der Waals surface area contributed by atoms with Gasteiger partial charge in [-0.1, -0.05) is 18.2 Å². The number of hydrogen-bond acceptors (Lipinski definition) is 7. The molecule has 5 atom stereocenters. The molecule has 8 nitrogen and oxygen atoms in total. The van der Waals surface area contributed by atoms with Gasteiger partial charge in [0.1, 0.15) is 30.1 Å². The Balaban J connectivity index is 2.01. The zero-order valence-electron chi connectivity index (χ0n) is 12.0. The quantitative estimate of drug-likeness (QED) is 0.576. The van der Waals surface area contributed by atoms with E-state index < -0.39 is 43.3 Å². The van der Waals surface area contributed by atoms with E-state index in [4.69, 9.17) is 19.3 Å². The maximum Gasteiger partial charge on any atom is 0.413 e. The maximum atomic E-state index is 11.9. The SMILES string of the molecule is COC1O[C@H](CO)[C@H](O)[C@H](O)[C@@H]1NC(=O)Oc1ccccc1. The van der Waals surface area contributed by atoms with E-state index in [-0.39, 0.29) is 0 Å². The molecule has 0 radical (unpaired) electrons. The van der Waals surface area contributed by atoms with Gasteiger partial charge in [0, 0.05) is 7.11 Å². The molecule has 4 N–H and O–H groups in total.